The largest absolute Gasteiger partial charge is 0.492 e. The molecular weight excluding hydrogens is 250 g/mol. The van der Waals surface area contributed by atoms with Crippen LogP contribution in [0.4, 0.5) is 0 Å². The average Bonchev–Trinajstić information content (AvgIpc) is 2.43. The third kappa shape index (κ3) is 2.74. The number of fused-ring (bicyclic) bond motifs is 1. The van der Waals surface area contributed by atoms with Crippen molar-refractivity contribution >= 4 is 10.8 Å². The highest BCUT2D eigenvalue weighted by molar-refractivity contribution is 7.85. The Labute approximate surface area is 110 Å². The highest BCUT2D eigenvalue weighted by Crippen LogP contribution is 2.33. The molecular formula is C13H19NO3S. The van der Waals surface area contributed by atoms with Crippen molar-refractivity contribution in [3.05, 3.63) is 29.8 Å². The molecule has 2 rings (SSSR count). The number of ether oxygens (including phenoxy) is 2. The summed E-state index contributed by atoms with van der Waals surface area (Å²) in [5.74, 6) is 1.43. The smallest absolute Gasteiger partial charge is 0.124 e. The fourth-order valence-electron chi connectivity index (χ4n) is 2.22. The van der Waals surface area contributed by atoms with Crippen LogP contribution in [0.1, 0.15) is 11.6 Å². The van der Waals surface area contributed by atoms with Crippen LogP contribution in [0.3, 0.4) is 0 Å². The van der Waals surface area contributed by atoms with Crippen molar-refractivity contribution in [1.29, 1.82) is 0 Å². The first-order chi connectivity index (χ1) is 8.77. The van der Waals surface area contributed by atoms with Crippen LogP contribution in [0.2, 0.25) is 0 Å². The monoisotopic (exact) mass is 269 g/mol. The van der Waals surface area contributed by atoms with Gasteiger partial charge in [0.25, 0.3) is 0 Å². The fraction of sp³-hybridized carbons (Fsp3) is 0.538. The van der Waals surface area contributed by atoms with Gasteiger partial charge in [-0.15, -0.1) is 0 Å². The minimum Gasteiger partial charge on any atom is -0.492 e. The standard InChI is InChI=1S/C13H19NO3S/c1-14-13-10-5-3-4-6-11(10)17-9-12(13)18(15)8-7-16-2/h3-6,12-14H,7-9H2,1-2H3. The minimum absolute atomic E-state index is 0.0277. The van der Waals surface area contributed by atoms with Crippen LogP contribution in [-0.4, -0.2) is 42.6 Å². The molecule has 0 saturated carbocycles. The van der Waals surface area contributed by atoms with Crippen molar-refractivity contribution in [1.82, 2.24) is 5.32 Å². The molecule has 1 heterocycles. The van der Waals surface area contributed by atoms with E-state index < -0.39 is 10.8 Å². The lowest BCUT2D eigenvalue weighted by Crippen LogP contribution is -2.41. The predicted octanol–water partition coefficient (Wildman–Crippen LogP) is 1.10. The first kappa shape index (κ1) is 13.5. The number of rotatable bonds is 5. The number of para-hydroxylation sites is 1. The molecule has 0 bridgehead atoms. The molecule has 0 aliphatic carbocycles. The third-order valence-corrected chi connectivity index (χ3v) is 4.82. The molecule has 100 valence electrons. The molecule has 1 aromatic carbocycles. The first-order valence-electron chi connectivity index (χ1n) is 6.03. The molecule has 3 atom stereocenters. The van der Waals surface area contributed by atoms with E-state index in [0.717, 1.165) is 11.3 Å². The Morgan fingerprint density at radius 3 is 3.00 bits per heavy atom. The fourth-order valence-corrected chi connectivity index (χ4v) is 3.66. The van der Waals surface area contributed by atoms with Crippen molar-refractivity contribution in [2.75, 3.05) is 33.1 Å². The van der Waals surface area contributed by atoms with Crippen LogP contribution < -0.4 is 10.1 Å². The summed E-state index contributed by atoms with van der Waals surface area (Å²) in [6.45, 7) is 1.00. The zero-order valence-electron chi connectivity index (χ0n) is 10.7. The molecule has 0 saturated heterocycles. The Bertz CT molecular complexity index is 424. The van der Waals surface area contributed by atoms with Crippen molar-refractivity contribution in [3.63, 3.8) is 0 Å². The molecule has 0 fully saturated rings. The summed E-state index contributed by atoms with van der Waals surface area (Å²) in [5, 5.41) is 3.23. The topological polar surface area (TPSA) is 47.6 Å². The zero-order chi connectivity index (χ0) is 13.0. The van der Waals surface area contributed by atoms with Crippen LogP contribution in [0, 0.1) is 0 Å². The quantitative estimate of drug-likeness (QED) is 0.869. The van der Waals surface area contributed by atoms with Crippen molar-refractivity contribution in [2.24, 2.45) is 0 Å². The van der Waals surface area contributed by atoms with Crippen molar-refractivity contribution in [2.45, 2.75) is 11.3 Å². The van der Waals surface area contributed by atoms with Gasteiger partial charge in [-0.05, 0) is 13.1 Å². The van der Waals surface area contributed by atoms with Gasteiger partial charge in [0.15, 0.2) is 0 Å². The van der Waals surface area contributed by atoms with E-state index in [4.69, 9.17) is 9.47 Å². The van der Waals surface area contributed by atoms with Crippen LogP contribution >= 0.6 is 0 Å². The summed E-state index contributed by atoms with van der Waals surface area (Å²) in [6, 6.07) is 7.98. The van der Waals surface area contributed by atoms with Gasteiger partial charge in [0.05, 0.1) is 17.9 Å². The Morgan fingerprint density at radius 2 is 2.28 bits per heavy atom. The van der Waals surface area contributed by atoms with Gasteiger partial charge in [-0.3, -0.25) is 4.21 Å². The van der Waals surface area contributed by atoms with Crippen molar-refractivity contribution < 1.29 is 13.7 Å². The van der Waals surface area contributed by atoms with Gasteiger partial charge in [0.2, 0.25) is 0 Å². The zero-order valence-corrected chi connectivity index (χ0v) is 11.5. The van der Waals surface area contributed by atoms with E-state index in [-0.39, 0.29) is 11.3 Å². The number of benzene rings is 1. The van der Waals surface area contributed by atoms with Gasteiger partial charge >= 0.3 is 0 Å². The van der Waals surface area contributed by atoms with Crippen molar-refractivity contribution in [3.8, 4) is 5.75 Å². The average molecular weight is 269 g/mol. The molecule has 0 spiro atoms. The van der Waals surface area contributed by atoms with E-state index in [9.17, 15) is 4.21 Å². The number of hydrogen-bond acceptors (Lipinski definition) is 4. The summed E-state index contributed by atoms with van der Waals surface area (Å²) in [6.07, 6.45) is 0. The first-order valence-corrected chi connectivity index (χ1v) is 7.41. The summed E-state index contributed by atoms with van der Waals surface area (Å²) in [5.41, 5.74) is 1.09. The van der Waals surface area contributed by atoms with E-state index in [1.54, 1.807) is 7.11 Å². The SMILES string of the molecule is CNC1c2ccccc2OCC1S(=O)CCOC. The van der Waals surface area contributed by atoms with Crippen LogP contribution in [0.5, 0.6) is 5.75 Å². The second kappa shape index (κ2) is 6.31. The summed E-state index contributed by atoms with van der Waals surface area (Å²) in [4.78, 5) is 0. The highest BCUT2D eigenvalue weighted by atomic mass is 32.2. The van der Waals surface area contributed by atoms with E-state index >= 15 is 0 Å². The summed E-state index contributed by atoms with van der Waals surface area (Å²) >= 11 is 0. The second-order valence-corrected chi connectivity index (χ2v) is 6.01. The van der Waals surface area contributed by atoms with Crippen LogP contribution in [0.15, 0.2) is 24.3 Å². The number of hydrogen-bond donors (Lipinski definition) is 1. The predicted molar refractivity (Wildman–Crippen MR) is 72.4 cm³/mol. The Morgan fingerprint density at radius 1 is 1.50 bits per heavy atom. The van der Waals surface area contributed by atoms with Gasteiger partial charge in [0, 0.05) is 29.2 Å². The maximum absolute atomic E-state index is 12.2. The van der Waals surface area contributed by atoms with Gasteiger partial charge < -0.3 is 14.8 Å². The van der Waals surface area contributed by atoms with E-state index in [2.05, 4.69) is 5.32 Å². The lowest BCUT2D eigenvalue weighted by atomic mass is 10.0. The molecule has 0 radical (unpaired) electrons. The van der Waals surface area contributed by atoms with E-state index in [1.165, 1.54) is 0 Å². The maximum Gasteiger partial charge on any atom is 0.124 e. The summed E-state index contributed by atoms with van der Waals surface area (Å²) < 4.78 is 22.9. The Balaban J connectivity index is 2.17. The Hall–Kier alpha value is -0.910. The van der Waals surface area contributed by atoms with Gasteiger partial charge in [-0.25, -0.2) is 0 Å². The molecule has 1 aliphatic heterocycles. The molecule has 1 aliphatic rings. The van der Waals surface area contributed by atoms with E-state index in [0.29, 0.717) is 19.0 Å². The highest BCUT2D eigenvalue weighted by Gasteiger charge is 2.33. The minimum atomic E-state index is -0.956. The molecule has 18 heavy (non-hydrogen) atoms. The summed E-state index contributed by atoms with van der Waals surface area (Å²) in [7, 11) is 2.56. The molecule has 1 aromatic rings. The normalized spacial score (nSPS) is 24.1. The molecule has 1 N–H and O–H groups in total. The van der Waals surface area contributed by atoms with Crippen LogP contribution in [0.25, 0.3) is 0 Å². The second-order valence-electron chi connectivity index (χ2n) is 4.23. The molecule has 0 aromatic heterocycles. The van der Waals surface area contributed by atoms with Gasteiger partial charge in [-0.2, -0.15) is 0 Å². The number of nitrogens with one attached hydrogen (secondary N) is 1. The number of methoxy groups -OCH3 is 1. The van der Waals surface area contributed by atoms with Gasteiger partial charge in [-0.1, -0.05) is 18.2 Å². The molecule has 0 amide bonds. The van der Waals surface area contributed by atoms with E-state index in [1.807, 2.05) is 31.3 Å². The lowest BCUT2D eigenvalue weighted by Gasteiger charge is -2.32. The lowest BCUT2D eigenvalue weighted by molar-refractivity contribution is 0.216. The molecule has 5 heteroatoms. The molecule has 3 unspecified atom stereocenters. The third-order valence-electron chi connectivity index (χ3n) is 3.17. The van der Waals surface area contributed by atoms with Crippen LogP contribution in [-0.2, 0) is 15.5 Å². The molecule has 4 nitrogen and oxygen atoms in total. The maximum atomic E-state index is 12.2. The van der Waals surface area contributed by atoms with Gasteiger partial charge in [0.1, 0.15) is 12.4 Å². The Kier molecular flexibility index (Phi) is 4.74.